The van der Waals surface area contributed by atoms with Crippen LogP contribution in [0, 0.1) is 13.8 Å². The van der Waals surface area contributed by atoms with Crippen LogP contribution in [0.15, 0.2) is 54.6 Å². The highest BCUT2D eigenvalue weighted by Crippen LogP contribution is 2.25. The van der Waals surface area contributed by atoms with Gasteiger partial charge in [0.1, 0.15) is 23.7 Å². The predicted molar refractivity (Wildman–Crippen MR) is 110 cm³/mol. The summed E-state index contributed by atoms with van der Waals surface area (Å²) in [4.78, 5) is 10.8. The second-order valence-electron chi connectivity index (χ2n) is 7.07. The molecule has 0 aliphatic rings. The number of ether oxygens (including phenoxy) is 1. The summed E-state index contributed by atoms with van der Waals surface area (Å²) in [6.07, 6.45) is 0. The van der Waals surface area contributed by atoms with Gasteiger partial charge in [0, 0.05) is 5.92 Å². The molecular formula is C23H24N2O2. The first-order valence-electron chi connectivity index (χ1n) is 9.22. The minimum Gasteiger partial charge on any atom is -0.497 e. The summed E-state index contributed by atoms with van der Waals surface area (Å²) in [6, 6.07) is 18.9. The van der Waals surface area contributed by atoms with Crippen LogP contribution in [0.3, 0.4) is 0 Å². The van der Waals surface area contributed by atoms with Crippen molar-refractivity contribution in [2.24, 2.45) is 0 Å². The molecule has 0 aliphatic heterocycles. The molecule has 138 valence electrons. The van der Waals surface area contributed by atoms with Crippen LogP contribution < -0.4 is 9.57 Å². The van der Waals surface area contributed by atoms with Crippen LogP contribution >= 0.6 is 0 Å². The summed E-state index contributed by atoms with van der Waals surface area (Å²) in [7, 11) is 1.69. The van der Waals surface area contributed by atoms with Gasteiger partial charge in [0.15, 0.2) is 0 Å². The fraction of sp³-hybridized carbons (Fsp3) is 0.261. The molecule has 1 unspecified atom stereocenters. The Morgan fingerprint density at radius 1 is 1.00 bits per heavy atom. The van der Waals surface area contributed by atoms with E-state index in [-0.39, 0.29) is 5.92 Å². The van der Waals surface area contributed by atoms with E-state index in [4.69, 9.17) is 9.57 Å². The van der Waals surface area contributed by atoms with E-state index in [0.717, 1.165) is 28.2 Å². The number of rotatable bonds is 5. The standard InChI is InChI=1S/C23H24N2O2/c1-15-6-5-7-22-23(15)24-17(3)25(22)27-14-16(2)18-8-9-20-13-21(26-4)11-10-19(20)12-18/h5-13,16H,14H2,1-4H3. The Kier molecular flexibility index (Phi) is 4.48. The van der Waals surface area contributed by atoms with Gasteiger partial charge in [0.25, 0.3) is 0 Å². The lowest BCUT2D eigenvalue weighted by atomic mass is 9.98. The Hall–Kier alpha value is -3.01. The van der Waals surface area contributed by atoms with Crippen molar-refractivity contribution in [3.63, 3.8) is 0 Å². The van der Waals surface area contributed by atoms with Gasteiger partial charge in [-0.2, -0.15) is 4.73 Å². The number of para-hydroxylation sites is 1. The monoisotopic (exact) mass is 360 g/mol. The number of fused-ring (bicyclic) bond motifs is 2. The highest BCUT2D eigenvalue weighted by molar-refractivity contribution is 5.84. The van der Waals surface area contributed by atoms with Crippen LogP contribution in [0.25, 0.3) is 21.8 Å². The molecule has 1 atom stereocenters. The molecule has 1 heterocycles. The van der Waals surface area contributed by atoms with Crippen LogP contribution in [0.2, 0.25) is 0 Å². The molecule has 27 heavy (non-hydrogen) atoms. The number of hydrogen-bond donors (Lipinski definition) is 0. The first-order chi connectivity index (χ1) is 13.1. The lowest BCUT2D eigenvalue weighted by molar-refractivity contribution is 0.105. The topological polar surface area (TPSA) is 36.3 Å². The molecule has 4 aromatic rings. The zero-order chi connectivity index (χ0) is 19.0. The Morgan fingerprint density at radius 2 is 1.78 bits per heavy atom. The second-order valence-corrected chi connectivity index (χ2v) is 7.07. The average Bonchev–Trinajstić information content (AvgIpc) is 3.02. The van der Waals surface area contributed by atoms with Crippen molar-refractivity contribution in [2.75, 3.05) is 13.7 Å². The molecule has 4 rings (SSSR count). The number of methoxy groups -OCH3 is 1. The number of aromatic nitrogens is 2. The third-order valence-electron chi connectivity index (χ3n) is 5.10. The Balaban J connectivity index is 1.56. The highest BCUT2D eigenvalue weighted by Gasteiger charge is 2.13. The van der Waals surface area contributed by atoms with Crippen LogP contribution in [0.1, 0.15) is 29.8 Å². The zero-order valence-electron chi connectivity index (χ0n) is 16.2. The summed E-state index contributed by atoms with van der Waals surface area (Å²) in [5.41, 5.74) is 4.44. The molecule has 0 fully saturated rings. The van der Waals surface area contributed by atoms with Gasteiger partial charge in [0.2, 0.25) is 0 Å². The van der Waals surface area contributed by atoms with Gasteiger partial charge in [-0.05, 0) is 53.9 Å². The van der Waals surface area contributed by atoms with E-state index in [0.29, 0.717) is 6.61 Å². The van der Waals surface area contributed by atoms with E-state index >= 15 is 0 Å². The average molecular weight is 360 g/mol. The third kappa shape index (κ3) is 3.23. The van der Waals surface area contributed by atoms with E-state index in [1.807, 2.05) is 23.8 Å². The fourth-order valence-corrected chi connectivity index (χ4v) is 3.46. The van der Waals surface area contributed by atoms with Crippen LogP contribution in [-0.4, -0.2) is 23.4 Å². The fourth-order valence-electron chi connectivity index (χ4n) is 3.46. The van der Waals surface area contributed by atoms with E-state index in [2.05, 4.69) is 61.3 Å². The quantitative estimate of drug-likeness (QED) is 0.500. The summed E-state index contributed by atoms with van der Waals surface area (Å²) in [6.45, 7) is 6.83. The largest absolute Gasteiger partial charge is 0.497 e. The molecule has 0 radical (unpaired) electrons. The number of benzene rings is 3. The van der Waals surface area contributed by atoms with Crippen LogP contribution in [0.4, 0.5) is 0 Å². The summed E-state index contributed by atoms with van der Waals surface area (Å²) < 4.78 is 7.16. The zero-order valence-corrected chi connectivity index (χ0v) is 16.2. The summed E-state index contributed by atoms with van der Waals surface area (Å²) >= 11 is 0. The summed E-state index contributed by atoms with van der Waals surface area (Å²) in [5.74, 6) is 2.01. The molecule has 4 nitrogen and oxygen atoms in total. The molecule has 1 aromatic heterocycles. The van der Waals surface area contributed by atoms with Crippen molar-refractivity contribution in [1.82, 2.24) is 9.71 Å². The number of imidazole rings is 1. The van der Waals surface area contributed by atoms with Crippen molar-refractivity contribution in [2.45, 2.75) is 26.7 Å². The van der Waals surface area contributed by atoms with Crippen molar-refractivity contribution in [3.05, 3.63) is 71.5 Å². The maximum atomic E-state index is 6.14. The van der Waals surface area contributed by atoms with E-state index < -0.39 is 0 Å². The van der Waals surface area contributed by atoms with E-state index in [9.17, 15) is 0 Å². The van der Waals surface area contributed by atoms with Gasteiger partial charge in [0.05, 0.1) is 12.6 Å². The minimum absolute atomic E-state index is 0.262. The Labute approximate surface area is 159 Å². The molecule has 0 saturated heterocycles. The van der Waals surface area contributed by atoms with Crippen molar-refractivity contribution < 1.29 is 9.57 Å². The van der Waals surface area contributed by atoms with Gasteiger partial charge in [-0.3, -0.25) is 0 Å². The number of hydrogen-bond acceptors (Lipinski definition) is 3. The minimum atomic E-state index is 0.262. The number of nitrogens with zero attached hydrogens (tertiary/aromatic N) is 2. The van der Waals surface area contributed by atoms with Gasteiger partial charge in [-0.15, -0.1) is 0 Å². The second kappa shape index (κ2) is 6.95. The third-order valence-corrected chi connectivity index (χ3v) is 5.10. The van der Waals surface area contributed by atoms with Gasteiger partial charge >= 0.3 is 0 Å². The number of aryl methyl sites for hydroxylation is 2. The Bertz CT molecular complexity index is 1110. The van der Waals surface area contributed by atoms with E-state index in [1.165, 1.54) is 16.3 Å². The SMILES string of the molecule is COc1ccc2cc(C(C)COn3c(C)nc4c(C)cccc43)ccc2c1. The van der Waals surface area contributed by atoms with E-state index in [1.54, 1.807) is 7.11 Å². The van der Waals surface area contributed by atoms with Gasteiger partial charge in [-0.1, -0.05) is 43.3 Å². The molecule has 4 heteroatoms. The maximum Gasteiger partial charge on any atom is 0.143 e. The van der Waals surface area contributed by atoms with Crippen molar-refractivity contribution in [1.29, 1.82) is 0 Å². The van der Waals surface area contributed by atoms with Crippen LogP contribution in [0.5, 0.6) is 5.75 Å². The predicted octanol–water partition coefficient (Wildman–Crippen LogP) is 5.05. The molecule has 0 amide bonds. The van der Waals surface area contributed by atoms with Crippen LogP contribution in [-0.2, 0) is 0 Å². The van der Waals surface area contributed by atoms with Gasteiger partial charge in [-0.25, -0.2) is 4.98 Å². The smallest absolute Gasteiger partial charge is 0.143 e. The van der Waals surface area contributed by atoms with Gasteiger partial charge < -0.3 is 9.57 Å². The molecule has 3 aromatic carbocycles. The Morgan fingerprint density at radius 3 is 2.59 bits per heavy atom. The molecular weight excluding hydrogens is 336 g/mol. The van der Waals surface area contributed by atoms with Crippen molar-refractivity contribution >= 4 is 21.8 Å². The molecule has 0 bridgehead atoms. The molecule has 0 saturated carbocycles. The molecule has 0 N–H and O–H groups in total. The molecule has 0 aliphatic carbocycles. The molecule has 0 spiro atoms. The first-order valence-corrected chi connectivity index (χ1v) is 9.22. The first kappa shape index (κ1) is 17.4. The maximum absolute atomic E-state index is 6.14. The lowest BCUT2D eigenvalue weighted by Crippen LogP contribution is -2.18. The summed E-state index contributed by atoms with van der Waals surface area (Å²) in [5, 5.41) is 2.39. The highest BCUT2D eigenvalue weighted by atomic mass is 16.7. The van der Waals surface area contributed by atoms with Crippen molar-refractivity contribution in [3.8, 4) is 5.75 Å². The lowest BCUT2D eigenvalue weighted by Gasteiger charge is -2.16. The normalized spacial score (nSPS) is 12.4.